The Morgan fingerprint density at radius 3 is 3.10 bits per heavy atom. The van der Waals surface area contributed by atoms with E-state index in [0.29, 0.717) is 0 Å². The fourth-order valence-corrected chi connectivity index (χ4v) is 3.12. The third kappa shape index (κ3) is 2.41. The van der Waals surface area contributed by atoms with Gasteiger partial charge < -0.3 is 5.32 Å². The fourth-order valence-electron chi connectivity index (χ4n) is 2.33. The van der Waals surface area contributed by atoms with E-state index in [0.717, 1.165) is 23.3 Å². The van der Waals surface area contributed by atoms with Crippen LogP contribution in [0.25, 0.3) is 10.2 Å². The van der Waals surface area contributed by atoms with Crippen LogP contribution < -0.4 is 5.32 Å². The van der Waals surface area contributed by atoms with Gasteiger partial charge in [0.05, 0.1) is 27.6 Å². The number of rotatable bonds is 4. The van der Waals surface area contributed by atoms with Crippen LogP contribution in [0, 0.1) is 0 Å². The minimum absolute atomic E-state index is 0.212. The first kappa shape index (κ1) is 13.1. The zero-order valence-electron chi connectivity index (χ0n) is 11.9. The van der Waals surface area contributed by atoms with E-state index in [2.05, 4.69) is 46.8 Å². The van der Waals surface area contributed by atoms with Crippen molar-refractivity contribution in [1.82, 2.24) is 14.8 Å². The smallest absolute Gasteiger partial charge is 0.0853 e. The van der Waals surface area contributed by atoms with E-state index in [1.54, 1.807) is 11.3 Å². The molecule has 0 aromatic carbocycles. The van der Waals surface area contributed by atoms with Crippen LogP contribution in [0.4, 0.5) is 5.69 Å². The average Bonchev–Trinajstić information content (AvgIpc) is 3.03. The van der Waals surface area contributed by atoms with Crippen molar-refractivity contribution in [2.24, 2.45) is 7.05 Å². The van der Waals surface area contributed by atoms with E-state index >= 15 is 0 Å². The highest BCUT2D eigenvalue weighted by Gasteiger charge is 2.11. The quantitative estimate of drug-likeness (QED) is 0.794. The molecule has 0 aliphatic rings. The third-order valence-corrected chi connectivity index (χ3v) is 4.29. The van der Waals surface area contributed by atoms with Crippen LogP contribution in [0.1, 0.15) is 31.1 Å². The predicted molar refractivity (Wildman–Crippen MR) is 84.2 cm³/mol. The number of pyridine rings is 1. The fraction of sp³-hybridized carbons (Fsp3) is 0.333. The van der Waals surface area contributed by atoms with E-state index in [1.165, 1.54) is 10.3 Å². The monoisotopic (exact) mass is 286 g/mol. The van der Waals surface area contributed by atoms with Crippen LogP contribution in [0.5, 0.6) is 0 Å². The standard InChI is InChI=1S/C15H18N4S/c1-4-12-14(9-19(3)18-12)17-10(2)11-7-15-13(16-8-11)5-6-20-15/h5-10,17H,4H2,1-3H3. The summed E-state index contributed by atoms with van der Waals surface area (Å²) in [5.41, 5.74) is 4.48. The number of fused-ring (bicyclic) bond motifs is 1. The van der Waals surface area contributed by atoms with Crippen LogP contribution >= 0.6 is 11.3 Å². The van der Waals surface area contributed by atoms with Gasteiger partial charge in [0.15, 0.2) is 0 Å². The molecule has 1 unspecified atom stereocenters. The topological polar surface area (TPSA) is 42.7 Å². The normalized spacial score (nSPS) is 12.8. The van der Waals surface area contributed by atoms with E-state index in [1.807, 2.05) is 24.1 Å². The van der Waals surface area contributed by atoms with E-state index in [9.17, 15) is 0 Å². The van der Waals surface area contributed by atoms with E-state index in [4.69, 9.17) is 0 Å². The van der Waals surface area contributed by atoms with Crippen molar-refractivity contribution >= 4 is 27.2 Å². The molecule has 20 heavy (non-hydrogen) atoms. The van der Waals surface area contributed by atoms with Crippen molar-refractivity contribution in [2.45, 2.75) is 26.3 Å². The maximum Gasteiger partial charge on any atom is 0.0853 e. The summed E-state index contributed by atoms with van der Waals surface area (Å²) in [6, 6.07) is 4.48. The Morgan fingerprint density at radius 1 is 1.45 bits per heavy atom. The lowest BCUT2D eigenvalue weighted by molar-refractivity contribution is 0.746. The van der Waals surface area contributed by atoms with Crippen molar-refractivity contribution in [3.05, 3.63) is 41.2 Å². The van der Waals surface area contributed by atoms with Crippen LogP contribution in [-0.4, -0.2) is 14.8 Å². The molecule has 1 N–H and O–H groups in total. The van der Waals surface area contributed by atoms with Gasteiger partial charge in [-0.1, -0.05) is 6.92 Å². The van der Waals surface area contributed by atoms with Gasteiger partial charge >= 0.3 is 0 Å². The molecule has 0 saturated heterocycles. The van der Waals surface area contributed by atoms with Crippen molar-refractivity contribution in [3.63, 3.8) is 0 Å². The Kier molecular flexibility index (Phi) is 3.44. The Labute approximate surface area is 122 Å². The van der Waals surface area contributed by atoms with E-state index in [-0.39, 0.29) is 6.04 Å². The van der Waals surface area contributed by atoms with Gasteiger partial charge in [0.1, 0.15) is 0 Å². The molecular formula is C15H18N4S. The molecule has 3 aromatic heterocycles. The van der Waals surface area contributed by atoms with Gasteiger partial charge in [-0.3, -0.25) is 9.67 Å². The van der Waals surface area contributed by atoms with Crippen molar-refractivity contribution in [2.75, 3.05) is 5.32 Å². The van der Waals surface area contributed by atoms with Crippen LogP contribution in [0.3, 0.4) is 0 Å². The van der Waals surface area contributed by atoms with Crippen LogP contribution in [-0.2, 0) is 13.5 Å². The number of aromatic nitrogens is 3. The van der Waals surface area contributed by atoms with Gasteiger partial charge in [-0.05, 0) is 36.4 Å². The summed E-state index contributed by atoms with van der Waals surface area (Å²) in [5.74, 6) is 0. The largest absolute Gasteiger partial charge is 0.376 e. The highest BCUT2D eigenvalue weighted by atomic mass is 32.1. The van der Waals surface area contributed by atoms with Crippen molar-refractivity contribution in [1.29, 1.82) is 0 Å². The molecule has 0 aliphatic heterocycles. The molecule has 0 spiro atoms. The number of hydrogen-bond acceptors (Lipinski definition) is 4. The third-order valence-electron chi connectivity index (χ3n) is 3.44. The molecule has 3 heterocycles. The van der Waals surface area contributed by atoms with E-state index < -0.39 is 0 Å². The molecule has 1 atom stereocenters. The first-order valence-electron chi connectivity index (χ1n) is 6.79. The first-order valence-corrected chi connectivity index (χ1v) is 7.67. The Balaban J connectivity index is 1.86. The lowest BCUT2D eigenvalue weighted by Crippen LogP contribution is -2.07. The van der Waals surface area contributed by atoms with Gasteiger partial charge in [-0.25, -0.2) is 0 Å². The number of nitrogens with one attached hydrogen (secondary N) is 1. The second-order valence-electron chi connectivity index (χ2n) is 4.96. The molecular weight excluding hydrogens is 268 g/mol. The molecule has 0 bridgehead atoms. The number of nitrogens with zero attached hydrogens (tertiary/aromatic N) is 3. The molecule has 0 aliphatic carbocycles. The number of aryl methyl sites for hydroxylation is 2. The summed E-state index contributed by atoms with van der Waals surface area (Å²) >= 11 is 1.73. The Bertz CT molecular complexity index is 728. The summed E-state index contributed by atoms with van der Waals surface area (Å²) in [6.45, 7) is 4.28. The first-order chi connectivity index (χ1) is 9.67. The average molecular weight is 286 g/mol. The maximum atomic E-state index is 4.50. The summed E-state index contributed by atoms with van der Waals surface area (Å²) in [4.78, 5) is 4.50. The molecule has 4 nitrogen and oxygen atoms in total. The summed E-state index contributed by atoms with van der Waals surface area (Å²) < 4.78 is 3.09. The molecule has 0 amide bonds. The van der Waals surface area contributed by atoms with Gasteiger partial charge in [0, 0.05) is 19.4 Å². The number of thiophene rings is 1. The molecule has 0 saturated carbocycles. The molecule has 5 heteroatoms. The van der Waals surface area contributed by atoms with Crippen LogP contribution in [0.2, 0.25) is 0 Å². The van der Waals surface area contributed by atoms with Gasteiger partial charge in [-0.2, -0.15) is 5.10 Å². The zero-order valence-corrected chi connectivity index (χ0v) is 12.7. The lowest BCUT2D eigenvalue weighted by Gasteiger charge is -2.15. The second kappa shape index (κ2) is 5.25. The van der Waals surface area contributed by atoms with Crippen molar-refractivity contribution < 1.29 is 0 Å². The van der Waals surface area contributed by atoms with Gasteiger partial charge in [-0.15, -0.1) is 11.3 Å². The van der Waals surface area contributed by atoms with Crippen LogP contribution in [0.15, 0.2) is 29.9 Å². The SMILES string of the molecule is CCc1nn(C)cc1NC(C)c1cnc2ccsc2c1. The summed E-state index contributed by atoms with van der Waals surface area (Å²) in [7, 11) is 1.95. The highest BCUT2D eigenvalue weighted by Crippen LogP contribution is 2.26. The predicted octanol–water partition coefficient (Wildman–Crippen LogP) is 3.77. The molecule has 0 fully saturated rings. The molecule has 104 valence electrons. The van der Waals surface area contributed by atoms with Crippen molar-refractivity contribution in [3.8, 4) is 0 Å². The highest BCUT2D eigenvalue weighted by molar-refractivity contribution is 7.17. The second-order valence-corrected chi connectivity index (χ2v) is 5.90. The summed E-state index contributed by atoms with van der Waals surface area (Å²) in [6.07, 6.45) is 4.92. The van der Waals surface area contributed by atoms with Gasteiger partial charge in [0.25, 0.3) is 0 Å². The van der Waals surface area contributed by atoms with Gasteiger partial charge in [0.2, 0.25) is 0 Å². The molecule has 3 rings (SSSR count). The number of hydrogen-bond donors (Lipinski definition) is 1. The molecule has 0 radical (unpaired) electrons. The lowest BCUT2D eigenvalue weighted by atomic mass is 10.1. The zero-order chi connectivity index (χ0) is 14.1. The summed E-state index contributed by atoms with van der Waals surface area (Å²) in [5, 5.41) is 10.1. The Morgan fingerprint density at radius 2 is 2.30 bits per heavy atom. The maximum absolute atomic E-state index is 4.50. The minimum Gasteiger partial charge on any atom is -0.376 e. The number of anilines is 1. The Hall–Kier alpha value is -1.88. The minimum atomic E-state index is 0.212. The molecule has 3 aromatic rings.